The lowest BCUT2D eigenvalue weighted by Crippen LogP contribution is -2.30. The lowest BCUT2D eigenvalue weighted by atomic mass is 10.1. The van der Waals surface area contributed by atoms with E-state index in [0.29, 0.717) is 31.5 Å². The van der Waals surface area contributed by atoms with Crippen molar-refractivity contribution in [3.63, 3.8) is 0 Å². The van der Waals surface area contributed by atoms with Crippen LogP contribution in [0.5, 0.6) is 5.75 Å². The molecule has 3 N–H and O–H groups in total. The molecule has 2 aromatic rings. The fourth-order valence-electron chi connectivity index (χ4n) is 3.13. The van der Waals surface area contributed by atoms with Crippen LogP contribution in [-0.2, 0) is 32.6 Å². The monoisotopic (exact) mass is 431 g/mol. The molecule has 0 saturated heterocycles. The Labute approximate surface area is 176 Å². The maximum absolute atomic E-state index is 12.5. The van der Waals surface area contributed by atoms with E-state index in [2.05, 4.69) is 15.4 Å². The van der Waals surface area contributed by atoms with E-state index in [0.717, 1.165) is 16.9 Å². The zero-order chi connectivity index (χ0) is 21.6. The molecule has 0 bridgehead atoms. The number of amides is 2. The van der Waals surface area contributed by atoms with Crippen LogP contribution in [0.2, 0.25) is 0 Å². The van der Waals surface area contributed by atoms with Crippen molar-refractivity contribution in [1.82, 2.24) is 10.0 Å². The number of benzene rings is 2. The molecule has 0 saturated carbocycles. The van der Waals surface area contributed by atoms with Crippen molar-refractivity contribution in [1.29, 1.82) is 0 Å². The van der Waals surface area contributed by atoms with E-state index >= 15 is 0 Å². The summed E-state index contributed by atoms with van der Waals surface area (Å²) < 4.78 is 32.6. The highest BCUT2D eigenvalue weighted by molar-refractivity contribution is 7.89. The zero-order valence-electron chi connectivity index (χ0n) is 16.7. The van der Waals surface area contributed by atoms with Crippen LogP contribution in [-0.4, -0.2) is 33.9 Å². The van der Waals surface area contributed by atoms with Crippen molar-refractivity contribution in [3.8, 4) is 5.75 Å². The molecule has 160 valence electrons. The quantitative estimate of drug-likeness (QED) is 0.591. The lowest BCUT2D eigenvalue weighted by molar-refractivity contribution is -0.121. The van der Waals surface area contributed by atoms with Gasteiger partial charge in [-0.15, -0.1) is 0 Å². The summed E-state index contributed by atoms with van der Waals surface area (Å²) in [5, 5.41) is 5.54. The molecular formula is C21H25N3O5S. The fraction of sp³-hybridized carbons (Fsp3) is 0.333. The second-order valence-electron chi connectivity index (χ2n) is 6.99. The third-order valence-electron chi connectivity index (χ3n) is 4.80. The predicted octanol–water partition coefficient (Wildman–Crippen LogP) is 1.95. The number of hydrogen-bond donors (Lipinski definition) is 3. The Morgan fingerprint density at radius 2 is 1.90 bits per heavy atom. The highest BCUT2D eigenvalue weighted by Crippen LogP contribution is 2.25. The Balaban J connectivity index is 1.50. The van der Waals surface area contributed by atoms with Crippen LogP contribution >= 0.6 is 0 Å². The van der Waals surface area contributed by atoms with Gasteiger partial charge in [0.05, 0.1) is 12.0 Å². The average molecular weight is 432 g/mol. The van der Waals surface area contributed by atoms with E-state index in [4.69, 9.17) is 4.74 Å². The maximum Gasteiger partial charge on any atom is 0.240 e. The summed E-state index contributed by atoms with van der Waals surface area (Å²) in [5.74, 6) is 0.418. The van der Waals surface area contributed by atoms with Crippen LogP contribution < -0.4 is 20.1 Å². The normalized spacial score (nSPS) is 13.7. The van der Waals surface area contributed by atoms with Crippen molar-refractivity contribution in [3.05, 3.63) is 53.6 Å². The number of methoxy groups -OCH3 is 1. The van der Waals surface area contributed by atoms with Crippen LogP contribution in [0.4, 0.5) is 5.69 Å². The topological polar surface area (TPSA) is 114 Å². The van der Waals surface area contributed by atoms with Gasteiger partial charge in [-0.05, 0) is 54.3 Å². The van der Waals surface area contributed by atoms with E-state index in [1.165, 1.54) is 6.07 Å². The van der Waals surface area contributed by atoms with Crippen LogP contribution in [0.3, 0.4) is 0 Å². The van der Waals surface area contributed by atoms with Crippen LogP contribution in [0.25, 0.3) is 0 Å². The van der Waals surface area contributed by atoms with Gasteiger partial charge in [-0.3, -0.25) is 9.59 Å². The number of anilines is 1. The molecular weight excluding hydrogens is 406 g/mol. The SMILES string of the molecule is COc1ccc(CNC(=O)CCNS(=O)(=O)c2ccc3c(c2)CCCC(=O)N3)cc1. The van der Waals surface area contributed by atoms with Gasteiger partial charge in [0.2, 0.25) is 21.8 Å². The lowest BCUT2D eigenvalue weighted by Gasteiger charge is -2.11. The summed E-state index contributed by atoms with van der Waals surface area (Å²) in [6.07, 6.45) is 1.74. The molecule has 1 aliphatic rings. The molecule has 0 fully saturated rings. The molecule has 0 aromatic heterocycles. The van der Waals surface area contributed by atoms with Crippen molar-refractivity contribution < 1.29 is 22.7 Å². The summed E-state index contributed by atoms with van der Waals surface area (Å²) in [6.45, 7) is 0.344. The van der Waals surface area contributed by atoms with Gasteiger partial charge >= 0.3 is 0 Å². The smallest absolute Gasteiger partial charge is 0.240 e. The molecule has 3 rings (SSSR count). The highest BCUT2D eigenvalue weighted by Gasteiger charge is 2.19. The third-order valence-corrected chi connectivity index (χ3v) is 6.26. The van der Waals surface area contributed by atoms with Crippen molar-refractivity contribution in [2.45, 2.75) is 37.1 Å². The summed E-state index contributed by atoms with van der Waals surface area (Å²) in [5.41, 5.74) is 2.36. The molecule has 0 aliphatic carbocycles. The van der Waals surface area contributed by atoms with Gasteiger partial charge in [0, 0.05) is 31.6 Å². The third kappa shape index (κ3) is 5.80. The van der Waals surface area contributed by atoms with E-state index in [1.54, 1.807) is 19.2 Å². The fourth-order valence-corrected chi connectivity index (χ4v) is 4.21. The first-order valence-electron chi connectivity index (χ1n) is 9.69. The summed E-state index contributed by atoms with van der Waals surface area (Å²) >= 11 is 0. The highest BCUT2D eigenvalue weighted by atomic mass is 32.2. The van der Waals surface area contributed by atoms with Gasteiger partial charge in [-0.25, -0.2) is 13.1 Å². The Morgan fingerprint density at radius 1 is 1.13 bits per heavy atom. The first-order chi connectivity index (χ1) is 14.4. The number of nitrogens with one attached hydrogen (secondary N) is 3. The second kappa shape index (κ2) is 9.73. The van der Waals surface area contributed by atoms with Gasteiger partial charge in [-0.2, -0.15) is 0 Å². The van der Waals surface area contributed by atoms with Gasteiger partial charge in [0.15, 0.2) is 0 Å². The van der Waals surface area contributed by atoms with E-state index in [1.807, 2.05) is 24.3 Å². The van der Waals surface area contributed by atoms with Gasteiger partial charge in [-0.1, -0.05) is 12.1 Å². The van der Waals surface area contributed by atoms with Crippen LogP contribution in [0, 0.1) is 0 Å². The molecule has 1 aliphatic heterocycles. The predicted molar refractivity (Wildman–Crippen MR) is 113 cm³/mol. The van der Waals surface area contributed by atoms with Crippen molar-refractivity contribution >= 4 is 27.5 Å². The molecule has 8 nitrogen and oxygen atoms in total. The minimum Gasteiger partial charge on any atom is -0.497 e. The van der Waals surface area contributed by atoms with Crippen molar-refractivity contribution in [2.24, 2.45) is 0 Å². The number of rotatable bonds is 8. The zero-order valence-corrected chi connectivity index (χ0v) is 17.6. The van der Waals surface area contributed by atoms with Gasteiger partial charge in [0.25, 0.3) is 0 Å². The molecule has 0 unspecified atom stereocenters. The van der Waals surface area contributed by atoms with Crippen LogP contribution in [0.1, 0.15) is 30.4 Å². The standard InChI is InChI=1S/C21H25N3O5S/c1-29-17-7-5-15(6-8-17)14-22-20(25)11-12-23-30(27,28)18-9-10-19-16(13-18)3-2-4-21(26)24-19/h5-10,13,23H,2-4,11-12,14H2,1H3,(H,22,25)(H,24,26). The Hall–Kier alpha value is -2.91. The molecule has 0 spiro atoms. The molecule has 0 atom stereocenters. The van der Waals surface area contributed by atoms with Crippen molar-refractivity contribution in [2.75, 3.05) is 19.0 Å². The number of carbonyl (C=O) groups excluding carboxylic acids is 2. The number of fused-ring (bicyclic) bond motifs is 1. The Morgan fingerprint density at radius 3 is 2.63 bits per heavy atom. The van der Waals surface area contributed by atoms with E-state index in [-0.39, 0.29) is 29.7 Å². The summed E-state index contributed by atoms with van der Waals surface area (Å²) in [4.78, 5) is 23.8. The first-order valence-corrected chi connectivity index (χ1v) is 11.2. The summed E-state index contributed by atoms with van der Waals surface area (Å²) in [6, 6.07) is 12.0. The molecule has 2 amide bonds. The Kier molecular flexibility index (Phi) is 7.07. The average Bonchev–Trinajstić information content (AvgIpc) is 2.92. The molecule has 30 heavy (non-hydrogen) atoms. The van der Waals surface area contributed by atoms with Gasteiger partial charge in [0.1, 0.15) is 5.75 Å². The van der Waals surface area contributed by atoms with Crippen LogP contribution in [0.15, 0.2) is 47.4 Å². The van der Waals surface area contributed by atoms with Gasteiger partial charge < -0.3 is 15.4 Å². The minimum absolute atomic E-state index is 0.00933. The summed E-state index contributed by atoms with van der Waals surface area (Å²) in [7, 11) is -2.16. The number of sulfonamides is 1. The first kappa shape index (κ1) is 21.8. The number of carbonyl (C=O) groups is 2. The second-order valence-corrected chi connectivity index (χ2v) is 8.76. The van der Waals surface area contributed by atoms with E-state index in [9.17, 15) is 18.0 Å². The maximum atomic E-state index is 12.5. The Bertz CT molecular complexity index is 1020. The number of hydrogen-bond acceptors (Lipinski definition) is 5. The number of aryl methyl sites for hydroxylation is 1. The molecule has 0 radical (unpaired) electrons. The number of ether oxygens (including phenoxy) is 1. The molecule has 2 aromatic carbocycles. The largest absolute Gasteiger partial charge is 0.497 e. The molecule has 9 heteroatoms. The van der Waals surface area contributed by atoms with E-state index < -0.39 is 10.0 Å². The minimum atomic E-state index is -3.75. The molecule has 1 heterocycles.